The molecule has 0 bridgehead atoms. The summed E-state index contributed by atoms with van der Waals surface area (Å²) in [5.74, 6) is 1.44. The minimum atomic E-state index is 0.273. The predicted molar refractivity (Wildman–Crippen MR) is 85.3 cm³/mol. The Bertz CT molecular complexity index is 476. The highest BCUT2D eigenvalue weighted by Crippen LogP contribution is 2.25. The number of amides is 1. The molecule has 1 saturated heterocycles. The molecule has 0 aromatic heterocycles. The van der Waals surface area contributed by atoms with Crippen LogP contribution in [-0.4, -0.2) is 43.2 Å². The quantitative estimate of drug-likeness (QED) is 0.846. The van der Waals surface area contributed by atoms with Crippen molar-refractivity contribution in [2.75, 3.05) is 32.4 Å². The van der Waals surface area contributed by atoms with Gasteiger partial charge in [0.15, 0.2) is 0 Å². The van der Waals surface area contributed by atoms with Gasteiger partial charge in [0, 0.05) is 18.0 Å². The largest absolute Gasteiger partial charge is 0.342 e. The maximum Gasteiger partial charge on any atom is 0.232 e. The summed E-state index contributed by atoms with van der Waals surface area (Å²) in [5, 5.41) is 3.20. The van der Waals surface area contributed by atoms with Crippen molar-refractivity contribution >= 4 is 17.7 Å². The second-order valence-corrected chi connectivity index (χ2v) is 6.63. The summed E-state index contributed by atoms with van der Waals surface area (Å²) in [5.41, 5.74) is 2.50. The molecule has 1 aromatic carbocycles. The van der Waals surface area contributed by atoms with Crippen molar-refractivity contribution in [2.24, 2.45) is 5.92 Å². The summed E-state index contributed by atoms with van der Waals surface area (Å²) in [6, 6.07) is 6.41. The number of aryl methyl sites for hydroxylation is 2. The van der Waals surface area contributed by atoms with Crippen LogP contribution in [-0.2, 0) is 4.79 Å². The first-order valence-corrected chi connectivity index (χ1v) is 8.21. The van der Waals surface area contributed by atoms with Crippen LogP contribution in [0.3, 0.4) is 0 Å². The van der Waals surface area contributed by atoms with Crippen molar-refractivity contribution in [1.82, 2.24) is 10.2 Å². The maximum absolute atomic E-state index is 12.2. The number of thioether (sulfide) groups is 1. The fourth-order valence-electron chi connectivity index (χ4n) is 2.61. The summed E-state index contributed by atoms with van der Waals surface area (Å²) >= 11 is 1.66. The zero-order valence-electron chi connectivity index (χ0n) is 12.6. The van der Waals surface area contributed by atoms with Gasteiger partial charge in [-0.1, -0.05) is 17.7 Å². The van der Waals surface area contributed by atoms with Crippen LogP contribution in [0.4, 0.5) is 0 Å². The smallest absolute Gasteiger partial charge is 0.232 e. The van der Waals surface area contributed by atoms with Gasteiger partial charge in [0.1, 0.15) is 0 Å². The summed E-state index contributed by atoms with van der Waals surface area (Å²) < 4.78 is 0. The van der Waals surface area contributed by atoms with Gasteiger partial charge in [-0.15, -0.1) is 11.8 Å². The highest BCUT2D eigenvalue weighted by Gasteiger charge is 2.25. The van der Waals surface area contributed by atoms with E-state index < -0.39 is 0 Å². The first kappa shape index (κ1) is 15.4. The third-order valence-corrected chi connectivity index (χ3v) is 4.97. The van der Waals surface area contributed by atoms with Gasteiger partial charge in [-0.25, -0.2) is 0 Å². The molecule has 3 nitrogen and oxygen atoms in total. The number of nitrogens with zero attached hydrogens (tertiary/aromatic N) is 1. The lowest BCUT2D eigenvalue weighted by Crippen LogP contribution is -2.31. The number of carbonyl (C=O) groups excluding carboxylic acids is 1. The number of rotatable bonds is 5. The van der Waals surface area contributed by atoms with Crippen molar-refractivity contribution in [3.8, 4) is 0 Å². The molecule has 1 aliphatic rings. The number of hydrogen-bond acceptors (Lipinski definition) is 3. The Morgan fingerprint density at radius 3 is 3.00 bits per heavy atom. The molecule has 0 spiro atoms. The van der Waals surface area contributed by atoms with Crippen molar-refractivity contribution in [3.05, 3.63) is 29.3 Å². The average molecular weight is 292 g/mol. The van der Waals surface area contributed by atoms with Gasteiger partial charge in [-0.05, 0) is 51.4 Å². The predicted octanol–water partition coefficient (Wildman–Crippen LogP) is 2.46. The van der Waals surface area contributed by atoms with Crippen molar-refractivity contribution < 1.29 is 4.79 Å². The van der Waals surface area contributed by atoms with E-state index in [2.05, 4.69) is 37.4 Å². The minimum Gasteiger partial charge on any atom is -0.342 e. The van der Waals surface area contributed by atoms with E-state index in [1.807, 2.05) is 11.9 Å². The Morgan fingerprint density at radius 2 is 2.25 bits per heavy atom. The van der Waals surface area contributed by atoms with Crippen LogP contribution < -0.4 is 5.32 Å². The molecule has 20 heavy (non-hydrogen) atoms. The van der Waals surface area contributed by atoms with Gasteiger partial charge >= 0.3 is 0 Å². The van der Waals surface area contributed by atoms with E-state index in [0.717, 1.165) is 26.1 Å². The lowest BCUT2D eigenvalue weighted by molar-refractivity contribution is -0.127. The first-order chi connectivity index (χ1) is 9.60. The number of likely N-dealkylation sites (tertiary alicyclic amines) is 1. The molecule has 1 N–H and O–H groups in total. The molecule has 0 aliphatic carbocycles. The number of nitrogens with one attached hydrogen (secondary N) is 1. The second-order valence-electron chi connectivity index (χ2n) is 5.61. The molecule has 1 amide bonds. The van der Waals surface area contributed by atoms with Crippen LogP contribution in [0.5, 0.6) is 0 Å². The van der Waals surface area contributed by atoms with E-state index in [1.165, 1.54) is 16.0 Å². The normalized spacial score (nSPS) is 18.6. The molecule has 0 saturated carbocycles. The molecule has 1 aliphatic heterocycles. The molecule has 1 atom stereocenters. The van der Waals surface area contributed by atoms with Gasteiger partial charge < -0.3 is 10.2 Å². The Kier molecular flexibility index (Phi) is 5.49. The zero-order valence-corrected chi connectivity index (χ0v) is 13.4. The van der Waals surface area contributed by atoms with Crippen molar-refractivity contribution in [3.63, 3.8) is 0 Å². The lowest BCUT2D eigenvalue weighted by Gasteiger charge is -2.16. The number of benzene rings is 1. The van der Waals surface area contributed by atoms with Crippen LogP contribution in [0, 0.1) is 19.8 Å². The van der Waals surface area contributed by atoms with E-state index in [9.17, 15) is 4.79 Å². The molecule has 1 unspecified atom stereocenters. The van der Waals surface area contributed by atoms with Gasteiger partial charge in [0.25, 0.3) is 0 Å². The molecule has 4 heteroatoms. The Hall–Kier alpha value is -1.00. The van der Waals surface area contributed by atoms with E-state index >= 15 is 0 Å². The standard InChI is InChI=1S/C16H24N2OS/c1-12-4-5-13(2)15(8-12)20-11-16(19)18-7-6-14(10-18)9-17-3/h4-5,8,14,17H,6-7,9-11H2,1-3H3. The Labute approximate surface area is 126 Å². The number of carbonyl (C=O) groups is 1. The number of hydrogen-bond donors (Lipinski definition) is 1. The van der Waals surface area contributed by atoms with E-state index in [-0.39, 0.29) is 5.91 Å². The van der Waals surface area contributed by atoms with Gasteiger partial charge in [0.05, 0.1) is 5.75 Å². The fraction of sp³-hybridized carbons (Fsp3) is 0.562. The molecular formula is C16H24N2OS. The highest BCUT2D eigenvalue weighted by molar-refractivity contribution is 8.00. The van der Waals surface area contributed by atoms with Crippen LogP contribution >= 0.6 is 11.8 Å². The van der Waals surface area contributed by atoms with Crippen LogP contribution in [0.1, 0.15) is 17.5 Å². The maximum atomic E-state index is 12.2. The average Bonchev–Trinajstić information content (AvgIpc) is 2.88. The Morgan fingerprint density at radius 1 is 1.45 bits per heavy atom. The third-order valence-electron chi connectivity index (χ3n) is 3.83. The Balaban J connectivity index is 1.85. The molecular weight excluding hydrogens is 268 g/mol. The summed E-state index contributed by atoms with van der Waals surface area (Å²) in [7, 11) is 1.97. The van der Waals surface area contributed by atoms with Gasteiger partial charge in [-0.3, -0.25) is 4.79 Å². The van der Waals surface area contributed by atoms with Crippen LogP contribution in [0.25, 0.3) is 0 Å². The molecule has 1 heterocycles. The lowest BCUT2D eigenvalue weighted by atomic mass is 10.1. The summed E-state index contributed by atoms with van der Waals surface area (Å²) in [6.45, 7) is 7.03. The second kappa shape index (κ2) is 7.14. The molecule has 0 radical (unpaired) electrons. The van der Waals surface area contributed by atoms with Crippen LogP contribution in [0.15, 0.2) is 23.1 Å². The molecule has 1 aromatic rings. The van der Waals surface area contributed by atoms with Crippen molar-refractivity contribution in [1.29, 1.82) is 0 Å². The van der Waals surface area contributed by atoms with Gasteiger partial charge in [0.2, 0.25) is 5.91 Å². The SMILES string of the molecule is CNCC1CCN(C(=O)CSc2cc(C)ccc2C)C1. The van der Waals surface area contributed by atoms with Crippen LogP contribution in [0.2, 0.25) is 0 Å². The van der Waals surface area contributed by atoms with Gasteiger partial charge in [-0.2, -0.15) is 0 Å². The topological polar surface area (TPSA) is 32.3 Å². The molecule has 2 rings (SSSR count). The molecule has 1 fully saturated rings. The highest BCUT2D eigenvalue weighted by atomic mass is 32.2. The van der Waals surface area contributed by atoms with Crippen molar-refractivity contribution in [2.45, 2.75) is 25.2 Å². The third kappa shape index (κ3) is 4.00. The van der Waals surface area contributed by atoms with E-state index in [4.69, 9.17) is 0 Å². The molecule has 110 valence electrons. The monoisotopic (exact) mass is 292 g/mol. The van der Waals surface area contributed by atoms with E-state index in [0.29, 0.717) is 11.7 Å². The first-order valence-electron chi connectivity index (χ1n) is 7.22. The zero-order chi connectivity index (χ0) is 14.5. The minimum absolute atomic E-state index is 0.273. The summed E-state index contributed by atoms with van der Waals surface area (Å²) in [4.78, 5) is 15.5. The van der Waals surface area contributed by atoms with E-state index in [1.54, 1.807) is 11.8 Å². The fourth-order valence-corrected chi connectivity index (χ4v) is 3.63. The summed E-state index contributed by atoms with van der Waals surface area (Å²) in [6.07, 6.45) is 1.13.